The van der Waals surface area contributed by atoms with Crippen LogP contribution in [0.15, 0.2) is 23.8 Å². The van der Waals surface area contributed by atoms with Crippen LogP contribution in [0.25, 0.3) is 5.03 Å². The Morgan fingerprint density at radius 1 is 1.53 bits per heavy atom. The van der Waals surface area contributed by atoms with Crippen LogP contribution in [-0.2, 0) is 0 Å². The van der Waals surface area contributed by atoms with Crippen LogP contribution in [0.3, 0.4) is 0 Å². The molecule has 0 bridgehead atoms. The van der Waals surface area contributed by atoms with E-state index in [9.17, 15) is 4.39 Å². The lowest BCUT2D eigenvalue weighted by molar-refractivity contribution is 0.624. The van der Waals surface area contributed by atoms with Crippen LogP contribution in [0.1, 0.15) is 18.9 Å². The maximum atomic E-state index is 13.4. The van der Waals surface area contributed by atoms with Gasteiger partial charge >= 0.3 is 0 Å². The van der Waals surface area contributed by atoms with E-state index in [1.165, 1.54) is 18.2 Å². The molecule has 0 unspecified atom stereocenters. The van der Waals surface area contributed by atoms with Crippen molar-refractivity contribution >= 4 is 28.2 Å². The fraction of sp³-hybridized carbons (Fsp3) is 0.182. The van der Waals surface area contributed by atoms with Crippen molar-refractivity contribution in [3.05, 3.63) is 40.2 Å². The zero-order valence-corrected chi connectivity index (χ0v) is 9.53. The zero-order chi connectivity index (χ0) is 11.4. The Kier molecular flexibility index (Phi) is 4.14. The van der Waals surface area contributed by atoms with Gasteiger partial charge in [-0.25, -0.2) is 4.39 Å². The van der Waals surface area contributed by atoms with E-state index in [2.05, 4.69) is 0 Å². The third-order valence-corrected chi connectivity index (χ3v) is 2.59. The molecule has 0 spiro atoms. The van der Waals surface area contributed by atoms with E-state index in [1.807, 2.05) is 6.07 Å². The second-order valence-electron chi connectivity index (χ2n) is 2.88. The third-order valence-electron chi connectivity index (χ3n) is 1.92. The van der Waals surface area contributed by atoms with Gasteiger partial charge in [-0.1, -0.05) is 30.1 Å². The normalized spacial score (nSPS) is 11.9. The fourth-order valence-corrected chi connectivity index (χ4v) is 1.60. The van der Waals surface area contributed by atoms with Crippen molar-refractivity contribution in [1.82, 2.24) is 0 Å². The first-order valence-electron chi connectivity index (χ1n) is 4.34. The molecule has 4 heteroatoms. The van der Waals surface area contributed by atoms with Gasteiger partial charge in [-0.2, -0.15) is 5.26 Å². The highest BCUT2D eigenvalue weighted by atomic mass is 35.5. The molecule has 0 fully saturated rings. The number of benzene rings is 1. The Labute approximate surface area is 97.7 Å². The summed E-state index contributed by atoms with van der Waals surface area (Å²) in [6, 6.07) is 6.00. The largest absolute Gasteiger partial charge is 0.206 e. The molecule has 1 aromatic carbocycles. The Morgan fingerprint density at radius 2 is 2.20 bits per heavy atom. The average molecular weight is 244 g/mol. The van der Waals surface area contributed by atoms with Crippen molar-refractivity contribution in [2.45, 2.75) is 13.3 Å². The standard InChI is InChI=1S/C11H8Cl2FN/c1-2-7(6-15)11(13)9-5-8(12)3-4-10(9)14/h3-5H,2H2,1H3. The highest BCUT2D eigenvalue weighted by molar-refractivity contribution is 6.49. The van der Waals surface area contributed by atoms with Crippen LogP contribution in [0.5, 0.6) is 0 Å². The predicted octanol–water partition coefficient (Wildman–Crippen LogP) is 4.36. The van der Waals surface area contributed by atoms with Gasteiger partial charge in [-0.15, -0.1) is 0 Å². The summed E-state index contributed by atoms with van der Waals surface area (Å²) < 4.78 is 13.4. The van der Waals surface area contributed by atoms with E-state index in [0.717, 1.165) is 0 Å². The zero-order valence-electron chi connectivity index (χ0n) is 8.02. The first-order chi connectivity index (χ1) is 7.10. The molecule has 78 valence electrons. The molecule has 0 saturated heterocycles. The molecule has 0 saturated carbocycles. The highest BCUT2D eigenvalue weighted by Gasteiger charge is 2.10. The van der Waals surface area contributed by atoms with Gasteiger partial charge in [0.15, 0.2) is 0 Å². The van der Waals surface area contributed by atoms with E-state index < -0.39 is 5.82 Å². The SMILES string of the molecule is CCC(C#N)=C(Cl)c1cc(Cl)ccc1F. The molecule has 0 atom stereocenters. The van der Waals surface area contributed by atoms with Crippen LogP contribution in [0.2, 0.25) is 5.02 Å². The van der Waals surface area contributed by atoms with Crippen LogP contribution in [0, 0.1) is 17.1 Å². The number of halogens is 3. The minimum absolute atomic E-state index is 0.125. The van der Waals surface area contributed by atoms with E-state index >= 15 is 0 Å². The number of allylic oxidation sites excluding steroid dienone is 1. The smallest absolute Gasteiger partial charge is 0.132 e. The summed E-state index contributed by atoms with van der Waals surface area (Å²) in [5.41, 5.74) is 0.514. The van der Waals surface area contributed by atoms with Gasteiger partial charge in [0, 0.05) is 16.2 Å². The van der Waals surface area contributed by atoms with E-state index in [-0.39, 0.29) is 10.6 Å². The average Bonchev–Trinajstić information content (AvgIpc) is 2.23. The molecular formula is C11H8Cl2FN. The maximum absolute atomic E-state index is 13.4. The van der Waals surface area contributed by atoms with Gasteiger partial charge in [-0.3, -0.25) is 0 Å². The van der Waals surface area contributed by atoms with Crippen LogP contribution in [-0.4, -0.2) is 0 Å². The fourth-order valence-electron chi connectivity index (χ4n) is 1.11. The van der Waals surface area contributed by atoms with Crippen molar-refractivity contribution < 1.29 is 4.39 Å². The second kappa shape index (κ2) is 5.16. The Balaban J connectivity index is 3.34. The maximum Gasteiger partial charge on any atom is 0.132 e. The lowest BCUT2D eigenvalue weighted by atomic mass is 10.1. The van der Waals surface area contributed by atoms with Crippen LogP contribution in [0.4, 0.5) is 4.39 Å². The molecule has 0 aliphatic rings. The second-order valence-corrected chi connectivity index (χ2v) is 3.70. The number of nitriles is 1. The minimum atomic E-state index is -0.481. The molecule has 1 nitrogen and oxygen atoms in total. The van der Waals surface area contributed by atoms with E-state index in [0.29, 0.717) is 17.0 Å². The van der Waals surface area contributed by atoms with Gasteiger partial charge < -0.3 is 0 Å². The Hall–Kier alpha value is -1.04. The molecule has 0 aliphatic carbocycles. The molecule has 0 radical (unpaired) electrons. The van der Waals surface area contributed by atoms with Crippen molar-refractivity contribution in [2.24, 2.45) is 0 Å². The summed E-state index contributed by atoms with van der Waals surface area (Å²) in [4.78, 5) is 0. The van der Waals surface area contributed by atoms with Crippen molar-refractivity contribution in [3.8, 4) is 6.07 Å². The first kappa shape index (κ1) is 12.0. The summed E-state index contributed by atoms with van der Waals surface area (Å²) >= 11 is 11.6. The molecular weight excluding hydrogens is 236 g/mol. The van der Waals surface area contributed by atoms with Crippen molar-refractivity contribution in [3.63, 3.8) is 0 Å². The first-order valence-corrected chi connectivity index (χ1v) is 5.10. The molecule has 0 aliphatic heterocycles. The summed E-state index contributed by atoms with van der Waals surface area (Å²) in [5, 5.41) is 9.28. The Bertz CT molecular complexity index is 446. The number of nitrogens with zero attached hydrogens (tertiary/aromatic N) is 1. The molecule has 0 heterocycles. The quantitative estimate of drug-likeness (QED) is 0.709. The number of hydrogen-bond donors (Lipinski definition) is 0. The molecule has 1 aromatic rings. The summed E-state index contributed by atoms with van der Waals surface area (Å²) in [7, 11) is 0. The summed E-state index contributed by atoms with van der Waals surface area (Å²) in [5.74, 6) is -0.481. The van der Waals surface area contributed by atoms with Gasteiger partial charge in [-0.05, 0) is 24.6 Å². The van der Waals surface area contributed by atoms with Crippen LogP contribution >= 0.6 is 23.2 Å². The van der Waals surface area contributed by atoms with Gasteiger partial charge in [0.1, 0.15) is 5.82 Å². The van der Waals surface area contributed by atoms with Gasteiger partial charge in [0.2, 0.25) is 0 Å². The van der Waals surface area contributed by atoms with Crippen LogP contribution < -0.4 is 0 Å². The lowest BCUT2D eigenvalue weighted by Crippen LogP contribution is -1.89. The molecule has 0 N–H and O–H groups in total. The molecule has 0 amide bonds. The molecule has 0 aromatic heterocycles. The third kappa shape index (κ3) is 2.71. The van der Waals surface area contributed by atoms with Gasteiger partial charge in [0.05, 0.1) is 11.1 Å². The highest BCUT2D eigenvalue weighted by Crippen LogP contribution is 2.28. The summed E-state index contributed by atoms with van der Waals surface area (Å²) in [6.45, 7) is 1.78. The molecule has 15 heavy (non-hydrogen) atoms. The minimum Gasteiger partial charge on any atom is -0.206 e. The van der Waals surface area contributed by atoms with Crippen molar-refractivity contribution in [2.75, 3.05) is 0 Å². The number of hydrogen-bond acceptors (Lipinski definition) is 1. The summed E-state index contributed by atoms with van der Waals surface area (Å²) in [6.07, 6.45) is 0.460. The van der Waals surface area contributed by atoms with E-state index in [4.69, 9.17) is 28.5 Å². The predicted molar refractivity (Wildman–Crippen MR) is 60.1 cm³/mol. The monoisotopic (exact) mass is 243 g/mol. The topological polar surface area (TPSA) is 23.8 Å². The molecule has 1 rings (SSSR count). The van der Waals surface area contributed by atoms with Gasteiger partial charge in [0.25, 0.3) is 0 Å². The van der Waals surface area contributed by atoms with E-state index in [1.54, 1.807) is 6.92 Å². The lowest BCUT2D eigenvalue weighted by Gasteiger charge is -2.04. The Morgan fingerprint density at radius 3 is 2.73 bits per heavy atom. The van der Waals surface area contributed by atoms with Crippen molar-refractivity contribution in [1.29, 1.82) is 5.26 Å². The number of rotatable bonds is 2.